The Morgan fingerprint density at radius 2 is 1.65 bits per heavy atom. The molecule has 0 atom stereocenters. The molecule has 8 heteroatoms. The fraction of sp³-hybridized carbons (Fsp3) is 0. The van der Waals surface area contributed by atoms with Gasteiger partial charge in [-0.2, -0.15) is 0 Å². The van der Waals surface area contributed by atoms with Crippen LogP contribution in [0.3, 0.4) is 0 Å². The van der Waals surface area contributed by atoms with Crippen LogP contribution in [-0.2, 0) is 10.0 Å². The lowest BCUT2D eigenvalue weighted by molar-refractivity contribution is 0.582. The Morgan fingerprint density at radius 1 is 1.10 bits per heavy atom. The van der Waals surface area contributed by atoms with Gasteiger partial charge in [0.15, 0.2) is 11.6 Å². The highest BCUT2D eigenvalue weighted by atomic mass is 79.9. The van der Waals surface area contributed by atoms with E-state index in [9.17, 15) is 17.2 Å². The first-order valence-corrected chi connectivity index (χ1v) is 7.88. The summed E-state index contributed by atoms with van der Waals surface area (Å²) in [6.45, 7) is 0. The van der Waals surface area contributed by atoms with Crippen molar-refractivity contribution in [2.75, 3.05) is 4.72 Å². The van der Waals surface area contributed by atoms with Crippen molar-refractivity contribution in [2.24, 2.45) is 0 Å². The maximum atomic E-state index is 13.6. The van der Waals surface area contributed by atoms with Crippen molar-refractivity contribution < 1.29 is 17.2 Å². The van der Waals surface area contributed by atoms with Crippen LogP contribution in [0.1, 0.15) is 0 Å². The molecule has 0 aliphatic carbocycles. The van der Waals surface area contributed by atoms with Crippen molar-refractivity contribution >= 4 is 43.2 Å². The largest absolute Gasteiger partial charge is 0.274 e. The fourth-order valence-corrected chi connectivity index (χ4v) is 3.49. The summed E-state index contributed by atoms with van der Waals surface area (Å²) in [4.78, 5) is -0.261. The Balaban J connectivity index is 2.47. The first kappa shape index (κ1) is 15.2. The van der Waals surface area contributed by atoms with Crippen LogP contribution >= 0.6 is 27.5 Å². The maximum absolute atomic E-state index is 13.6. The molecule has 0 unspecified atom stereocenters. The minimum atomic E-state index is -4.18. The molecule has 3 nitrogen and oxygen atoms in total. The van der Waals surface area contributed by atoms with Crippen LogP contribution in [0, 0.1) is 11.6 Å². The molecule has 0 aromatic heterocycles. The summed E-state index contributed by atoms with van der Waals surface area (Å²) in [6.07, 6.45) is 0. The number of hydrogen-bond acceptors (Lipinski definition) is 2. The first-order chi connectivity index (χ1) is 9.31. The van der Waals surface area contributed by atoms with Crippen LogP contribution in [0.5, 0.6) is 0 Å². The van der Waals surface area contributed by atoms with E-state index >= 15 is 0 Å². The fourth-order valence-electron chi connectivity index (χ4n) is 1.49. The Bertz CT molecular complexity index is 745. The van der Waals surface area contributed by atoms with Crippen molar-refractivity contribution in [3.63, 3.8) is 0 Å². The normalized spacial score (nSPS) is 11.4. The molecule has 2 aromatic carbocycles. The summed E-state index contributed by atoms with van der Waals surface area (Å²) >= 11 is 8.67. The molecule has 106 valence electrons. The monoisotopic (exact) mass is 381 g/mol. The van der Waals surface area contributed by atoms with Crippen molar-refractivity contribution in [1.82, 2.24) is 0 Å². The van der Waals surface area contributed by atoms with Crippen LogP contribution in [0.25, 0.3) is 0 Å². The average molecular weight is 383 g/mol. The predicted molar refractivity (Wildman–Crippen MR) is 76.3 cm³/mol. The third-order valence-corrected chi connectivity index (χ3v) is 4.68. The summed E-state index contributed by atoms with van der Waals surface area (Å²) in [5.41, 5.74) is -0.756. The molecule has 20 heavy (non-hydrogen) atoms. The molecular weight excluding hydrogens is 376 g/mol. The maximum Gasteiger partial charge on any atom is 0.263 e. The van der Waals surface area contributed by atoms with Crippen LogP contribution in [0.4, 0.5) is 14.5 Å². The molecule has 0 aliphatic rings. The molecule has 0 saturated heterocycles. The highest BCUT2D eigenvalue weighted by Crippen LogP contribution is 2.28. The molecule has 1 N–H and O–H groups in total. The number of sulfonamides is 1. The van der Waals surface area contributed by atoms with E-state index in [-0.39, 0.29) is 14.4 Å². The van der Waals surface area contributed by atoms with Gasteiger partial charge in [0, 0.05) is 4.47 Å². The van der Waals surface area contributed by atoms with E-state index in [1.807, 2.05) is 4.72 Å². The highest BCUT2D eigenvalue weighted by Gasteiger charge is 2.21. The average Bonchev–Trinajstić information content (AvgIpc) is 2.34. The van der Waals surface area contributed by atoms with Gasteiger partial charge in [-0.15, -0.1) is 0 Å². The number of nitrogens with one attached hydrogen (secondary N) is 1. The van der Waals surface area contributed by atoms with Crippen LogP contribution in [0.2, 0.25) is 5.02 Å². The zero-order valence-corrected chi connectivity index (χ0v) is 12.9. The third-order valence-electron chi connectivity index (χ3n) is 2.37. The van der Waals surface area contributed by atoms with Gasteiger partial charge in [0.1, 0.15) is 10.6 Å². The van der Waals surface area contributed by atoms with E-state index in [2.05, 4.69) is 15.9 Å². The minimum absolute atomic E-state index is 0.0436. The van der Waals surface area contributed by atoms with Gasteiger partial charge in [0.2, 0.25) is 0 Å². The van der Waals surface area contributed by atoms with Gasteiger partial charge in [0.25, 0.3) is 10.0 Å². The molecule has 2 rings (SSSR count). The topological polar surface area (TPSA) is 46.2 Å². The summed E-state index contributed by atoms with van der Waals surface area (Å²) < 4.78 is 53.4. The Kier molecular flexibility index (Phi) is 4.31. The first-order valence-electron chi connectivity index (χ1n) is 5.23. The zero-order valence-electron chi connectivity index (χ0n) is 9.70. The summed E-state index contributed by atoms with van der Waals surface area (Å²) in [7, 11) is -4.18. The third kappa shape index (κ3) is 3.11. The van der Waals surface area contributed by atoms with Crippen LogP contribution in [0.15, 0.2) is 45.8 Å². The van der Waals surface area contributed by atoms with Gasteiger partial charge < -0.3 is 0 Å². The van der Waals surface area contributed by atoms with E-state index < -0.39 is 27.3 Å². The molecule has 0 radical (unpaired) electrons. The second-order valence-electron chi connectivity index (χ2n) is 3.78. The van der Waals surface area contributed by atoms with Crippen molar-refractivity contribution in [3.8, 4) is 0 Å². The van der Waals surface area contributed by atoms with E-state index in [0.717, 1.165) is 12.1 Å². The zero-order chi connectivity index (χ0) is 14.9. The Morgan fingerprint density at radius 3 is 2.20 bits per heavy atom. The lowest BCUT2D eigenvalue weighted by atomic mass is 10.3. The number of rotatable bonds is 3. The summed E-state index contributed by atoms with van der Waals surface area (Å²) in [5.74, 6) is -2.07. The predicted octanol–water partition coefficient (Wildman–Crippen LogP) is 4.18. The van der Waals surface area contributed by atoms with Crippen LogP contribution < -0.4 is 4.72 Å². The quantitative estimate of drug-likeness (QED) is 0.865. The molecule has 0 bridgehead atoms. The Hall–Kier alpha value is -1.18. The van der Waals surface area contributed by atoms with Gasteiger partial charge >= 0.3 is 0 Å². The van der Waals surface area contributed by atoms with Crippen molar-refractivity contribution in [1.29, 1.82) is 0 Å². The summed E-state index contributed by atoms with van der Waals surface area (Å²) in [6, 6.07) is 7.50. The van der Waals surface area contributed by atoms with Gasteiger partial charge in [-0.25, -0.2) is 17.2 Å². The molecule has 0 heterocycles. The molecular formula is C12H7BrClF2NO2S. The molecule has 2 aromatic rings. The standard InChI is InChI=1S/C12H7BrClF2NO2S/c13-7-5-9(15)12(10(16)6-7)17-20(18,19)11-4-2-1-3-8(11)14/h1-6,17H. The minimum Gasteiger partial charge on any atom is -0.274 e. The van der Waals surface area contributed by atoms with Crippen LogP contribution in [-0.4, -0.2) is 8.42 Å². The number of halogens is 4. The van der Waals surface area contributed by atoms with Gasteiger partial charge in [-0.05, 0) is 24.3 Å². The van der Waals surface area contributed by atoms with E-state index in [0.29, 0.717) is 0 Å². The molecule has 0 aliphatic heterocycles. The number of anilines is 1. The molecule has 0 amide bonds. The molecule has 0 saturated carbocycles. The smallest absolute Gasteiger partial charge is 0.263 e. The van der Waals surface area contributed by atoms with E-state index in [1.165, 1.54) is 18.2 Å². The number of hydrogen-bond donors (Lipinski definition) is 1. The number of benzene rings is 2. The second-order valence-corrected chi connectivity index (χ2v) is 6.75. The lowest BCUT2D eigenvalue weighted by Gasteiger charge is -2.11. The second kappa shape index (κ2) is 5.67. The lowest BCUT2D eigenvalue weighted by Crippen LogP contribution is -2.15. The summed E-state index contributed by atoms with van der Waals surface area (Å²) in [5, 5.41) is -0.0436. The van der Waals surface area contributed by atoms with Crippen molar-refractivity contribution in [3.05, 3.63) is 57.5 Å². The van der Waals surface area contributed by atoms with E-state index in [4.69, 9.17) is 11.6 Å². The Labute approximate surface area is 127 Å². The highest BCUT2D eigenvalue weighted by molar-refractivity contribution is 9.10. The van der Waals surface area contributed by atoms with Gasteiger partial charge in [-0.1, -0.05) is 39.7 Å². The molecule has 0 spiro atoms. The van der Waals surface area contributed by atoms with Gasteiger partial charge in [-0.3, -0.25) is 4.72 Å². The SMILES string of the molecule is O=S(=O)(Nc1c(F)cc(Br)cc1F)c1ccccc1Cl. The van der Waals surface area contributed by atoms with Gasteiger partial charge in [0.05, 0.1) is 5.02 Å². The molecule has 0 fully saturated rings. The van der Waals surface area contributed by atoms with Crippen molar-refractivity contribution in [2.45, 2.75) is 4.90 Å². The van der Waals surface area contributed by atoms with E-state index in [1.54, 1.807) is 6.07 Å².